The van der Waals surface area contributed by atoms with Crippen LogP contribution in [0.15, 0.2) is 24.3 Å². The molecule has 0 spiro atoms. The van der Waals surface area contributed by atoms with E-state index in [1.165, 1.54) is 18.2 Å². The first-order valence-electron chi connectivity index (χ1n) is 7.11. The lowest BCUT2D eigenvalue weighted by atomic mass is 9.75. The lowest BCUT2D eigenvalue weighted by Crippen LogP contribution is -2.31. The molecule has 4 nitrogen and oxygen atoms in total. The molecule has 0 aromatic heterocycles. The minimum atomic E-state index is -4.59. The fourth-order valence-corrected chi connectivity index (χ4v) is 3.12. The van der Waals surface area contributed by atoms with Gasteiger partial charge in [-0.15, -0.1) is 0 Å². The van der Waals surface area contributed by atoms with Gasteiger partial charge in [-0.05, 0) is 24.5 Å². The molecule has 0 heterocycles. The van der Waals surface area contributed by atoms with E-state index < -0.39 is 35.0 Å². The largest absolute Gasteiger partial charge is 0.416 e. The smallest absolute Gasteiger partial charge is 0.299 e. The normalized spacial score (nSPS) is 20.7. The molecule has 22 heavy (non-hydrogen) atoms. The Morgan fingerprint density at radius 1 is 1.27 bits per heavy atom. The second-order valence-corrected chi connectivity index (χ2v) is 5.53. The summed E-state index contributed by atoms with van der Waals surface area (Å²) in [4.78, 5) is 22.3. The second kappa shape index (κ2) is 6.46. The average Bonchev–Trinajstić information content (AvgIpc) is 2.44. The van der Waals surface area contributed by atoms with Gasteiger partial charge in [-0.25, -0.2) is 0 Å². The molecule has 0 unspecified atom stereocenters. The molecular weight excluding hydrogens is 299 g/mol. The van der Waals surface area contributed by atoms with E-state index in [1.54, 1.807) is 0 Å². The molecule has 1 saturated carbocycles. The number of carbonyl (C=O) groups is 1. The van der Waals surface area contributed by atoms with Crippen LogP contribution < -0.4 is 0 Å². The molecule has 0 aliphatic heterocycles. The predicted molar refractivity (Wildman–Crippen MR) is 73.0 cm³/mol. The highest BCUT2D eigenvalue weighted by atomic mass is 19.4. The van der Waals surface area contributed by atoms with Gasteiger partial charge in [0.05, 0.1) is 11.5 Å². The third-order valence-corrected chi connectivity index (χ3v) is 4.10. The second-order valence-electron chi connectivity index (χ2n) is 5.53. The fraction of sp³-hybridized carbons (Fsp3) is 0.533. The first-order valence-corrected chi connectivity index (χ1v) is 7.11. The number of alkyl halides is 3. The maximum atomic E-state index is 13.2. The Balaban J connectivity index is 2.46. The number of benzene rings is 1. The summed E-state index contributed by atoms with van der Waals surface area (Å²) in [5.41, 5.74) is -1.04. The van der Waals surface area contributed by atoms with Crippen LogP contribution in [0.1, 0.15) is 42.7 Å². The molecule has 2 rings (SSSR count). The van der Waals surface area contributed by atoms with Gasteiger partial charge < -0.3 is 0 Å². The highest BCUT2D eigenvalue weighted by Gasteiger charge is 2.40. The Kier molecular flexibility index (Phi) is 4.83. The summed E-state index contributed by atoms with van der Waals surface area (Å²) in [6.07, 6.45) is -2.50. The SMILES string of the molecule is O=C1CCCC[C@H]1[C@@H](C[N+](=O)[O-])c1ccccc1C(F)(F)F. The van der Waals surface area contributed by atoms with E-state index in [1.807, 2.05) is 0 Å². The van der Waals surface area contributed by atoms with Crippen molar-refractivity contribution in [1.29, 1.82) is 0 Å². The van der Waals surface area contributed by atoms with E-state index in [-0.39, 0.29) is 17.8 Å². The standard InChI is InChI=1S/C15H16F3NO3/c16-15(17,18)13-7-3-1-5-10(13)12(9-19(21)22)11-6-2-4-8-14(11)20/h1,3,5,7,11-12H,2,4,6,8-9H2/t11-,12-/m0/s1. The van der Waals surface area contributed by atoms with Crippen molar-refractivity contribution in [1.82, 2.24) is 0 Å². The molecule has 7 heteroatoms. The molecule has 0 saturated heterocycles. The fourth-order valence-electron chi connectivity index (χ4n) is 3.12. The van der Waals surface area contributed by atoms with Crippen LogP contribution in [0.4, 0.5) is 13.2 Å². The molecule has 1 aliphatic rings. The van der Waals surface area contributed by atoms with Crippen LogP contribution in [-0.2, 0) is 11.0 Å². The first kappa shape index (κ1) is 16.5. The van der Waals surface area contributed by atoms with Crippen molar-refractivity contribution in [3.05, 3.63) is 45.5 Å². The van der Waals surface area contributed by atoms with E-state index >= 15 is 0 Å². The number of ketones is 1. The van der Waals surface area contributed by atoms with Crippen LogP contribution >= 0.6 is 0 Å². The Bertz CT molecular complexity index is 571. The molecule has 0 bridgehead atoms. The topological polar surface area (TPSA) is 60.2 Å². The molecule has 0 N–H and O–H groups in total. The number of hydrogen-bond acceptors (Lipinski definition) is 3. The van der Waals surface area contributed by atoms with Gasteiger partial charge >= 0.3 is 6.18 Å². The summed E-state index contributed by atoms with van der Waals surface area (Å²) in [6.45, 7) is -0.663. The third-order valence-electron chi connectivity index (χ3n) is 4.10. The van der Waals surface area contributed by atoms with Crippen LogP contribution in [0.3, 0.4) is 0 Å². The zero-order valence-corrected chi connectivity index (χ0v) is 11.8. The molecule has 2 atom stereocenters. The van der Waals surface area contributed by atoms with Crippen molar-refractivity contribution in [2.45, 2.75) is 37.8 Å². The molecule has 1 aromatic rings. The number of halogens is 3. The zero-order chi connectivity index (χ0) is 16.3. The number of rotatable bonds is 4. The lowest BCUT2D eigenvalue weighted by molar-refractivity contribution is -0.484. The molecule has 1 aromatic carbocycles. The van der Waals surface area contributed by atoms with Crippen molar-refractivity contribution < 1.29 is 22.9 Å². The van der Waals surface area contributed by atoms with Gasteiger partial charge in [0.15, 0.2) is 0 Å². The highest BCUT2D eigenvalue weighted by Crippen LogP contribution is 2.40. The van der Waals surface area contributed by atoms with Crippen LogP contribution in [0.5, 0.6) is 0 Å². The van der Waals surface area contributed by atoms with Crippen molar-refractivity contribution in [2.75, 3.05) is 6.54 Å². The number of nitrogens with zero attached hydrogens (tertiary/aromatic N) is 1. The number of carbonyl (C=O) groups excluding carboxylic acids is 1. The minimum absolute atomic E-state index is 0.146. The summed E-state index contributed by atoms with van der Waals surface area (Å²) < 4.78 is 39.5. The Morgan fingerprint density at radius 2 is 1.95 bits per heavy atom. The summed E-state index contributed by atoms with van der Waals surface area (Å²) in [7, 11) is 0. The maximum absolute atomic E-state index is 13.2. The van der Waals surface area contributed by atoms with Gasteiger partial charge in [-0.1, -0.05) is 24.6 Å². The molecule has 120 valence electrons. The highest BCUT2D eigenvalue weighted by molar-refractivity contribution is 5.82. The number of hydrogen-bond donors (Lipinski definition) is 0. The van der Waals surface area contributed by atoms with E-state index in [2.05, 4.69) is 0 Å². The van der Waals surface area contributed by atoms with Crippen molar-refractivity contribution in [3.63, 3.8) is 0 Å². The number of Topliss-reactive ketones (excluding diaryl/α,β-unsaturated/α-hetero) is 1. The molecule has 0 amide bonds. The zero-order valence-electron chi connectivity index (χ0n) is 11.8. The van der Waals surface area contributed by atoms with Gasteiger partial charge in [0.1, 0.15) is 5.78 Å². The summed E-state index contributed by atoms with van der Waals surface area (Å²) in [5.74, 6) is -1.90. The van der Waals surface area contributed by atoms with E-state index in [0.29, 0.717) is 19.3 Å². The molecule has 1 fully saturated rings. The minimum Gasteiger partial charge on any atom is -0.299 e. The van der Waals surface area contributed by atoms with E-state index in [0.717, 1.165) is 6.07 Å². The van der Waals surface area contributed by atoms with Crippen molar-refractivity contribution >= 4 is 5.78 Å². The van der Waals surface area contributed by atoms with Crippen LogP contribution in [0, 0.1) is 16.0 Å². The first-order chi connectivity index (χ1) is 10.3. The monoisotopic (exact) mass is 315 g/mol. The Labute approximate surface area is 125 Å². The van der Waals surface area contributed by atoms with Gasteiger partial charge in [0.25, 0.3) is 0 Å². The summed E-state index contributed by atoms with van der Waals surface area (Å²) >= 11 is 0. The molecular formula is C15H16F3NO3. The van der Waals surface area contributed by atoms with Crippen LogP contribution in [0.25, 0.3) is 0 Å². The van der Waals surface area contributed by atoms with E-state index in [4.69, 9.17) is 0 Å². The third kappa shape index (κ3) is 3.64. The van der Waals surface area contributed by atoms with Crippen molar-refractivity contribution in [2.24, 2.45) is 5.92 Å². The summed E-state index contributed by atoms with van der Waals surface area (Å²) in [5, 5.41) is 10.9. The summed E-state index contributed by atoms with van der Waals surface area (Å²) in [6, 6.07) is 4.83. The van der Waals surface area contributed by atoms with E-state index in [9.17, 15) is 28.1 Å². The lowest BCUT2D eigenvalue weighted by Gasteiger charge is -2.28. The van der Waals surface area contributed by atoms with Gasteiger partial charge in [-0.3, -0.25) is 14.9 Å². The Hall–Kier alpha value is -1.92. The molecule has 0 radical (unpaired) electrons. The van der Waals surface area contributed by atoms with Crippen LogP contribution in [-0.4, -0.2) is 17.3 Å². The van der Waals surface area contributed by atoms with Gasteiger partial charge in [0, 0.05) is 17.3 Å². The van der Waals surface area contributed by atoms with Crippen molar-refractivity contribution in [3.8, 4) is 0 Å². The quantitative estimate of drug-likeness (QED) is 0.627. The average molecular weight is 315 g/mol. The Morgan fingerprint density at radius 3 is 2.55 bits per heavy atom. The van der Waals surface area contributed by atoms with Gasteiger partial charge in [0.2, 0.25) is 6.54 Å². The predicted octanol–water partition coefficient (Wildman–Crippen LogP) is 3.83. The molecule has 1 aliphatic carbocycles. The van der Waals surface area contributed by atoms with Gasteiger partial charge in [-0.2, -0.15) is 13.2 Å². The number of nitro groups is 1. The van der Waals surface area contributed by atoms with Crippen LogP contribution in [0.2, 0.25) is 0 Å². The maximum Gasteiger partial charge on any atom is 0.416 e.